The van der Waals surface area contributed by atoms with E-state index in [1.807, 2.05) is 12.1 Å². The van der Waals surface area contributed by atoms with E-state index in [1.165, 1.54) is 31.4 Å². The normalized spacial score (nSPS) is 19.2. The maximum absolute atomic E-state index is 9.55. The summed E-state index contributed by atoms with van der Waals surface area (Å²) in [6.07, 6.45) is 6.32. The molecule has 1 aromatic rings. The Bertz CT molecular complexity index is 690. The number of piperidine rings is 1. The van der Waals surface area contributed by atoms with Crippen molar-refractivity contribution in [2.45, 2.75) is 25.7 Å². The molecule has 0 radical (unpaired) electrons. The summed E-state index contributed by atoms with van der Waals surface area (Å²) in [4.78, 5) is 21.5. The fourth-order valence-corrected chi connectivity index (χ4v) is 3.24. The number of hydrogen-bond acceptors (Lipinski definition) is 4. The second-order valence-electron chi connectivity index (χ2n) is 7.04. The summed E-state index contributed by atoms with van der Waals surface area (Å²) in [6, 6.07) is 5.91. The molecule has 2 aliphatic rings. The molecule has 28 heavy (non-hydrogen) atoms. The molecule has 0 bridgehead atoms. The summed E-state index contributed by atoms with van der Waals surface area (Å²) in [6.45, 7) is 4.01. The Balaban J connectivity index is 0.000000300. The van der Waals surface area contributed by atoms with Crippen LogP contribution in [0, 0.1) is 11.8 Å². The monoisotopic (exact) mass is 429 g/mol. The molecule has 3 rings (SSSR count). The van der Waals surface area contributed by atoms with E-state index in [9.17, 15) is 9.59 Å². The molecular weight excluding hydrogens is 405 g/mol. The van der Waals surface area contributed by atoms with Gasteiger partial charge in [0, 0.05) is 37.5 Å². The number of halogens is 2. The predicted octanol–water partition coefficient (Wildman–Crippen LogP) is 4.35. The van der Waals surface area contributed by atoms with E-state index >= 15 is 0 Å². The van der Waals surface area contributed by atoms with Gasteiger partial charge in [0.15, 0.2) is 0 Å². The fraction of sp³-hybridized carbons (Fsp3) is 0.500. The topological polar surface area (TPSA) is 87.1 Å². The summed E-state index contributed by atoms with van der Waals surface area (Å²) >= 11 is 12.1. The molecule has 1 saturated heterocycles. The molecule has 0 spiro atoms. The Morgan fingerprint density at radius 3 is 2.25 bits per heavy atom. The third-order valence-electron chi connectivity index (χ3n) is 4.56. The Morgan fingerprint density at radius 2 is 1.68 bits per heavy atom. The standard InChI is InChI=1S/C16H21Cl2NO.C4H4O4/c17-15-6-5-14(8-16(15)18)19-7-1-2-13(9-19)11-20-10-12-3-4-12;5-3(6)1-2-4(7)8/h5-6,8,12-13H,1-4,7,9-11H2;1-2H,(H,5,6)(H,7,8)/b;2-1+. The first-order chi connectivity index (χ1) is 13.3. The van der Waals surface area contributed by atoms with E-state index in [1.54, 1.807) is 0 Å². The molecule has 1 aliphatic carbocycles. The van der Waals surface area contributed by atoms with Crippen LogP contribution in [0.3, 0.4) is 0 Å². The zero-order chi connectivity index (χ0) is 20.5. The van der Waals surface area contributed by atoms with Crippen molar-refractivity contribution in [2.24, 2.45) is 11.8 Å². The molecule has 1 aliphatic heterocycles. The summed E-state index contributed by atoms with van der Waals surface area (Å²) in [5, 5.41) is 16.9. The first kappa shape index (κ1) is 22.5. The molecular formula is C20H25Cl2NO5. The van der Waals surface area contributed by atoms with Crippen molar-refractivity contribution < 1.29 is 24.5 Å². The second-order valence-corrected chi connectivity index (χ2v) is 7.86. The van der Waals surface area contributed by atoms with Gasteiger partial charge in [-0.1, -0.05) is 23.2 Å². The van der Waals surface area contributed by atoms with E-state index in [4.69, 9.17) is 38.2 Å². The quantitative estimate of drug-likeness (QED) is 0.626. The Kier molecular flexibility index (Phi) is 9.09. The Hall–Kier alpha value is -1.76. The molecule has 1 atom stereocenters. The maximum Gasteiger partial charge on any atom is 0.328 e. The van der Waals surface area contributed by atoms with E-state index in [2.05, 4.69) is 11.0 Å². The lowest BCUT2D eigenvalue weighted by atomic mass is 9.98. The summed E-state index contributed by atoms with van der Waals surface area (Å²) < 4.78 is 5.85. The van der Waals surface area contributed by atoms with Gasteiger partial charge in [-0.25, -0.2) is 9.59 Å². The van der Waals surface area contributed by atoms with Crippen LogP contribution in [0.5, 0.6) is 0 Å². The van der Waals surface area contributed by atoms with Gasteiger partial charge in [0.25, 0.3) is 0 Å². The molecule has 0 aromatic heterocycles. The first-order valence-electron chi connectivity index (χ1n) is 9.27. The van der Waals surface area contributed by atoms with Gasteiger partial charge in [0.1, 0.15) is 0 Å². The number of rotatable bonds is 7. The minimum absolute atomic E-state index is 0.558. The van der Waals surface area contributed by atoms with Gasteiger partial charge in [-0.05, 0) is 55.7 Å². The highest BCUT2D eigenvalue weighted by Crippen LogP contribution is 2.31. The number of carboxylic acid groups (broad SMARTS) is 2. The number of anilines is 1. The number of nitrogens with zero attached hydrogens (tertiary/aromatic N) is 1. The molecule has 1 heterocycles. The third-order valence-corrected chi connectivity index (χ3v) is 5.30. The van der Waals surface area contributed by atoms with E-state index < -0.39 is 11.9 Å². The average molecular weight is 430 g/mol. The van der Waals surface area contributed by atoms with Crippen LogP contribution in [-0.4, -0.2) is 48.5 Å². The van der Waals surface area contributed by atoms with Crippen molar-refractivity contribution in [1.82, 2.24) is 0 Å². The van der Waals surface area contributed by atoms with Crippen LogP contribution in [0.25, 0.3) is 0 Å². The second kappa shape index (κ2) is 11.3. The zero-order valence-corrected chi connectivity index (χ0v) is 17.0. The molecule has 1 aromatic carbocycles. The largest absolute Gasteiger partial charge is 0.478 e. The molecule has 2 fully saturated rings. The summed E-state index contributed by atoms with van der Waals surface area (Å²) in [5.74, 6) is -1.03. The molecule has 2 N–H and O–H groups in total. The fourth-order valence-electron chi connectivity index (χ4n) is 2.95. The average Bonchev–Trinajstić information content (AvgIpc) is 3.47. The van der Waals surface area contributed by atoms with E-state index in [0.29, 0.717) is 28.1 Å². The molecule has 1 unspecified atom stereocenters. The molecule has 154 valence electrons. The van der Waals surface area contributed by atoms with Crippen molar-refractivity contribution in [3.8, 4) is 0 Å². The van der Waals surface area contributed by atoms with Gasteiger partial charge < -0.3 is 19.8 Å². The highest BCUT2D eigenvalue weighted by molar-refractivity contribution is 6.42. The van der Waals surface area contributed by atoms with E-state index in [-0.39, 0.29) is 0 Å². The molecule has 8 heteroatoms. The van der Waals surface area contributed by atoms with Crippen molar-refractivity contribution in [1.29, 1.82) is 0 Å². The number of carboxylic acids is 2. The van der Waals surface area contributed by atoms with Gasteiger partial charge in [0.2, 0.25) is 0 Å². The Morgan fingerprint density at radius 1 is 1.04 bits per heavy atom. The van der Waals surface area contributed by atoms with Crippen molar-refractivity contribution >= 4 is 40.8 Å². The van der Waals surface area contributed by atoms with Crippen LogP contribution in [0.4, 0.5) is 5.69 Å². The van der Waals surface area contributed by atoms with Gasteiger partial charge in [0.05, 0.1) is 16.7 Å². The van der Waals surface area contributed by atoms with Crippen LogP contribution in [-0.2, 0) is 14.3 Å². The lowest BCUT2D eigenvalue weighted by Gasteiger charge is -2.34. The molecule has 6 nitrogen and oxygen atoms in total. The number of benzene rings is 1. The third kappa shape index (κ3) is 8.50. The summed E-state index contributed by atoms with van der Waals surface area (Å²) in [7, 11) is 0. The minimum atomic E-state index is -1.26. The highest BCUT2D eigenvalue weighted by atomic mass is 35.5. The number of hydrogen-bond donors (Lipinski definition) is 2. The van der Waals surface area contributed by atoms with Crippen molar-refractivity contribution in [2.75, 3.05) is 31.2 Å². The molecule has 0 amide bonds. The van der Waals surface area contributed by atoms with Gasteiger partial charge >= 0.3 is 11.9 Å². The number of aliphatic carboxylic acids is 2. The number of carbonyl (C=O) groups is 2. The van der Waals surface area contributed by atoms with Crippen LogP contribution in [0.1, 0.15) is 25.7 Å². The predicted molar refractivity (Wildman–Crippen MR) is 109 cm³/mol. The van der Waals surface area contributed by atoms with Crippen LogP contribution < -0.4 is 4.90 Å². The first-order valence-corrected chi connectivity index (χ1v) is 10.0. The van der Waals surface area contributed by atoms with Crippen molar-refractivity contribution in [3.63, 3.8) is 0 Å². The minimum Gasteiger partial charge on any atom is -0.478 e. The van der Waals surface area contributed by atoms with Crippen LogP contribution in [0.15, 0.2) is 30.4 Å². The van der Waals surface area contributed by atoms with Gasteiger partial charge in [-0.15, -0.1) is 0 Å². The highest BCUT2D eigenvalue weighted by Gasteiger charge is 2.24. The Labute approximate surface area is 174 Å². The smallest absolute Gasteiger partial charge is 0.328 e. The lowest BCUT2D eigenvalue weighted by molar-refractivity contribution is -0.134. The number of ether oxygens (including phenoxy) is 1. The van der Waals surface area contributed by atoms with Crippen molar-refractivity contribution in [3.05, 3.63) is 40.4 Å². The van der Waals surface area contributed by atoms with Gasteiger partial charge in [-0.2, -0.15) is 0 Å². The SMILES string of the molecule is Clc1ccc(N2CCCC(COCC3CC3)C2)cc1Cl.O=C(O)/C=C/C(=O)O. The van der Waals surface area contributed by atoms with Gasteiger partial charge in [-0.3, -0.25) is 0 Å². The van der Waals surface area contributed by atoms with Crippen LogP contribution in [0.2, 0.25) is 10.0 Å². The van der Waals surface area contributed by atoms with Crippen LogP contribution >= 0.6 is 23.2 Å². The van der Waals surface area contributed by atoms with E-state index in [0.717, 1.165) is 32.2 Å². The summed E-state index contributed by atoms with van der Waals surface area (Å²) in [5.41, 5.74) is 1.17. The zero-order valence-electron chi connectivity index (χ0n) is 15.5. The lowest BCUT2D eigenvalue weighted by Crippen LogP contribution is -2.37. The molecule has 1 saturated carbocycles. The maximum atomic E-state index is 9.55.